The highest BCUT2D eigenvalue weighted by atomic mass is 32.2. The van der Waals surface area contributed by atoms with Gasteiger partial charge in [-0.1, -0.05) is 12.1 Å². The van der Waals surface area contributed by atoms with Gasteiger partial charge in [0.15, 0.2) is 0 Å². The summed E-state index contributed by atoms with van der Waals surface area (Å²) in [6, 6.07) is 7.13. The summed E-state index contributed by atoms with van der Waals surface area (Å²) in [6.07, 6.45) is 3.79. The standard InChI is InChI=1S/C22H23N3O4S2/c1-29-22(28)14-7-5-13(6-8-14)9-10-23-18(26)12-30-11-17-24-20(27)19-15-3-2-4-16(15)31-21(19)25-17/h5-8H,2-4,9-12H2,1H3,(H,23,26)(H,24,25,27). The molecule has 2 N–H and O–H groups in total. The summed E-state index contributed by atoms with van der Waals surface area (Å²) in [5, 5.41) is 3.64. The van der Waals surface area contributed by atoms with Crippen LogP contribution in [0.4, 0.5) is 0 Å². The van der Waals surface area contributed by atoms with Gasteiger partial charge in [0.25, 0.3) is 5.56 Å². The van der Waals surface area contributed by atoms with Crippen molar-refractivity contribution < 1.29 is 14.3 Å². The van der Waals surface area contributed by atoms with Crippen LogP contribution in [-0.2, 0) is 34.5 Å². The molecule has 3 aromatic rings. The maximum absolute atomic E-state index is 12.5. The van der Waals surface area contributed by atoms with Crippen molar-refractivity contribution in [2.45, 2.75) is 31.4 Å². The molecule has 0 spiro atoms. The predicted octanol–water partition coefficient (Wildman–Crippen LogP) is 2.85. The van der Waals surface area contributed by atoms with E-state index in [4.69, 9.17) is 0 Å². The van der Waals surface area contributed by atoms with Crippen molar-refractivity contribution in [1.29, 1.82) is 0 Å². The first-order valence-electron chi connectivity index (χ1n) is 10.1. The number of nitrogens with zero attached hydrogens (tertiary/aromatic N) is 1. The second-order valence-electron chi connectivity index (χ2n) is 7.33. The average molecular weight is 458 g/mol. The van der Waals surface area contributed by atoms with Crippen LogP contribution in [-0.4, -0.2) is 41.3 Å². The SMILES string of the molecule is COC(=O)c1ccc(CCNC(=O)CSCc2nc3sc4c(c3c(=O)[nH]2)CCC4)cc1. The number of hydrogen-bond donors (Lipinski definition) is 2. The lowest BCUT2D eigenvalue weighted by Crippen LogP contribution is -2.27. The molecular formula is C22H23N3O4S2. The lowest BCUT2D eigenvalue weighted by molar-refractivity contribution is -0.118. The number of amides is 1. The minimum Gasteiger partial charge on any atom is -0.465 e. The van der Waals surface area contributed by atoms with Crippen molar-refractivity contribution in [3.63, 3.8) is 0 Å². The lowest BCUT2D eigenvalue weighted by Gasteiger charge is -2.06. The zero-order chi connectivity index (χ0) is 21.8. The molecule has 1 aliphatic rings. The second kappa shape index (κ2) is 9.65. The Balaban J connectivity index is 1.22. The summed E-state index contributed by atoms with van der Waals surface area (Å²) in [4.78, 5) is 45.6. The molecule has 0 saturated heterocycles. The molecule has 1 amide bonds. The summed E-state index contributed by atoms with van der Waals surface area (Å²) in [5.41, 5.74) is 2.64. The van der Waals surface area contributed by atoms with Crippen LogP contribution >= 0.6 is 23.1 Å². The lowest BCUT2D eigenvalue weighted by atomic mass is 10.1. The number of benzene rings is 1. The summed E-state index contributed by atoms with van der Waals surface area (Å²) < 4.78 is 4.68. The minimum atomic E-state index is -0.366. The molecule has 7 nitrogen and oxygen atoms in total. The number of H-pyrrole nitrogens is 1. The monoisotopic (exact) mass is 457 g/mol. The second-order valence-corrected chi connectivity index (χ2v) is 9.40. The Kier molecular flexibility index (Phi) is 6.72. The molecule has 0 radical (unpaired) electrons. The topological polar surface area (TPSA) is 101 Å². The van der Waals surface area contributed by atoms with Crippen molar-refractivity contribution in [3.8, 4) is 0 Å². The third-order valence-corrected chi connectivity index (χ3v) is 7.34. The van der Waals surface area contributed by atoms with Gasteiger partial charge in [0, 0.05) is 11.4 Å². The predicted molar refractivity (Wildman–Crippen MR) is 123 cm³/mol. The first-order chi connectivity index (χ1) is 15.0. The van der Waals surface area contributed by atoms with Crippen LogP contribution in [0.5, 0.6) is 0 Å². The molecule has 2 heterocycles. The molecule has 9 heteroatoms. The normalized spacial score (nSPS) is 12.7. The third-order valence-electron chi connectivity index (χ3n) is 5.21. The van der Waals surface area contributed by atoms with E-state index in [-0.39, 0.29) is 17.4 Å². The van der Waals surface area contributed by atoms with E-state index >= 15 is 0 Å². The first-order valence-corrected chi connectivity index (χ1v) is 12.1. The molecule has 0 unspecified atom stereocenters. The van der Waals surface area contributed by atoms with Crippen LogP contribution in [0.15, 0.2) is 29.1 Å². The van der Waals surface area contributed by atoms with E-state index in [0.29, 0.717) is 35.9 Å². The number of aromatic amines is 1. The highest BCUT2D eigenvalue weighted by Gasteiger charge is 2.21. The maximum Gasteiger partial charge on any atom is 0.337 e. The number of hydrogen-bond acceptors (Lipinski definition) is 7. The largest absolute Gasteiger partial charge is 0.465 e. The zero-order valence-corrected chi connectivity index (χ0v) is 18.8. The number of aromatic nitrogens is 2. The van der Waals surface area contributed by atoms with Crippen LogP contribution in [0.25, 0.3) is 10.2 Å². The highest BCUT2D eigenvalue weighted by Crippen LogP contribution is 2.34. The van der Waals surface area contributed by atoms with E-state index in [1.807, 2.05) is 12.1 Å². The van der Waals surface area contributed by atoms with Gasteiger partial charge in [-0.3, -0.25) is 9.59 Å². The van der Waals surface area contributed by atoms with Gasteiger partial charge in [-0.05, 0) is 48.9 Å². The van der Waals surface area contributed by atoms with E-state index in [1.54, 1.807) is 23.5 Å². The Morgan fingerprint density at radius 3 is 2.84 bits per heavy atom. The number of aryl methyl sites for hydroxylation is 2. The number of carbonyl (C=O) groups is 2. The Hall–Kier alpha value is -2.65. The molecular weight excluding hydrogens is 434 g/mol. The van der Waals surface area contributed by atoms with Gasteiger partial charge in [-0.25, -0.2) is 9.78 Å². The number of fused-ring (bicyclic) bond motifs is 3. The summed E-state index contributed by atoms with van der Waals surface area (Å²) >= 11 is 3.05. The van der Waals surface area contributed by atoms with Crippen molar-refractivity contribution in [2.75, 3.05) is 19.4 Å². The Morgan fingerprint density at radius 1 is 1.26 bits per heavy atom. The molecule has 0 fully saturated rings. The van der Waals surface area contributed by atoms with Gasteiger partial charge in [0.2, 0.25) is 5.91 Å². The third kappa shape index (κ3) is 4.99. The van der Waals surface area contributed by atoms with Gasteiger partial charge < -0.3 is 15.0 Å². The van der Waals surface area contributed by atoms with Crippen LogP contribution in [0, 0.1) is 0 Å². The number of thiophene rings is 1. The zero-order valence-electron chi connectivity index (χ0n) is 17.2. The fourth-order valence-corrected chi connectivity index (χ4v) is 5.68. The average Bonchev–Trinajstić information content (AvgIpc) is 3.34. The van der Waals surface area contributed by atoms with E-state index in [2.05, 4.69) is 20.0 Å². The fourth-order valence-electron chi connectivity index (χ4n) is 3.68. The number of thioether (sulfide) groups is 1. The number of carbonyl (C=O) groups excluding carboxylic acids is 2. The van der Waals surface area contributed by atoms with Gasteiger partial charge in [-0.15, -0.1) is 23.1 Å². The molecule has 31 heavy (non-hydrogen) atoms. The minimum absolute atomic E-state index is 0.0605. The molecule has 0 atom stereocenters. The molecule has 1 aromatic carbocycles. The number of ether oxygens (including phenoxy) is 1. The number of nitrogens with one attached hydrogen (secondary N) is 2. The van der Waals surface area contributed by atoms with Crippen molar-refractivity contribution in [2.24, 2.45) is 0 Å². The number of esters is 1. The van der Waals surface area contributed by atoms with Crippen LogP contribution < -0.4 is 10.9 Å². The molecule has 4 rings (SSSR count). The van der Waals surface area contributed by atoms with Gasteiger partial charge in [0.1, 0.15) is 10.7 Å². The molecule has 0 aliphatic heterocycles. The van der Waals surface area contributed by atoms with E-state index in [9.17, 15) is 14.4 Å². The summed E-state index contributed by atoms with van der Waals surface area (Å²) in [6.45, 7) is 0.513. The van der Waals surface area contributed by atoms with Gasteiger partial charge in [0.05, 0.1) is 29.6 Å². The molecule has 2 aromatic heterocycles. The first kappa shape index (κ1) is 21.6. The van der Waals surface area contributed by atoms with Crippen molar-refractivity contribution in [3.05, 3.63) is 62.0 Å². The van der Waals surface area contributed by atoms with Crippen LogP contribution in [0.3, 0.4) is 0 Å². The van der Waals surface area contributed by atoms with E-state index < -0.39 is 0 Å². The smallest absolute Gasteiger partial charge is 0.337 e. The molecule has 0 saturated carbocycles. The summed E-state index contributed by atoms with van der Waals surface area (Å²) in [7, 11) is 1.35. The molecule has 0 bridgehead atoms. The highest BCUT2D eigenvalue weighted by molar-refractivity contribution is 7.99. The molecule has 1 aliphatic carbocycles. The quantitative estimate of drug-likeness (QED) is 0.505. The Bertz CT molecular complexity index is 1170. The Labute approximate surface area is 187 Å². The van der Waals surface area contributed by atoms with E-state index in [1.165, 1.54) is 29.3 Å². The summed E-state index contributed by atoms with van der Waals surface area (Å²) in [5.74, 6) is 0.964. The van der Waals surface area contributed by atoms with Gasteiger partial charge >= 0.3 is 5.97 Å². The number of rotatable bonds is 8. The maximum atomic E-state index is 12.5. The van der Waals surface area contributed by atoms with Gasteiger partial charge in [-0.2, -0.15) is 0 Å². The molecule has 162 valence electrons. The van der Waals surface area contributed by atoms with Crippen molar-refractivity contribution >= 4 is 45.2 Å². The van der Waals surface area contributed by atoms with Crippen LogP contribution in [0.2, 0.25) is 0 Å². The van der Waals surface area contributed by atoms with Crippen LogP contribution in [0.1, 0.15) is 38.6 Å². The number of methoxy groups -OCH3 is 1. The fraction of sp³-hybridized carbons (Fsp3) is 0.364. The Morgan fingerprint density at radius 2 is 2.06 bits per heavy atom. The van der Waals surface area contributed by atoms with Crippen molar-refractivity contribution in [1.82, 2.24) is 15.3 Å². The van der Waals surface area contributed by atoms with E-state index in [0.717, 1.165) is 35.0 Å².